The molecule has 9 nitrogen and oxygen atoms in total. The molecule has 1 fully saturated rings. The number of aromatic nitrogens is 4. The second-order valence-electron chi connectivity index (χ2n) is 9.08. The summed E-state index contributed by atoms with van der Waals surface area (Å²) in [6.45, 7) is 0. The fourth-order valence-corrected chi connectivity index (χ4v) is 4.88. The number of hydrogen-bond acceptors (Lipinski definition) is 7. The molecule has 1 aliphatic rings. The third-order valence-electron chi connectivity index (χ3n) is 6.68. The minimum Gasteiger partial charge on any atom is -0.396 e. The number of hydrogen-bond donors (Lipinski definition) is 3. The molecule has 3 heterocycles. The van der Waals surface area contributed by atoms with Gasteiger partial charge in [-0.2, -0.15) is 0 Å². The average Bonchev–Trinajstić information content (AvgIpc) is 3.09. The Kier molecular flexibility index (Phi) is 5.59. The van der Waals surface area contributed by atoms with Crippen LogP contribution in [0.2, 0.25) is 0 Å². The number of imidazole rings is 1. The zero-order chi connectivity index (χ0) is 24.0. The Balaban J connectivity index is 1.63. The van der Waals surface area contributed by atoms with Gasteiger partial charge in [0.1, 0.15) is 0 Å². The van der Waals surface area contributed by atoms with E-state index in [0.717, 1.165) is 45.9 Å². The molecule has 3 aromatic heterocycles. The summed E-state index contributed by atoms with van der Waals surface area (Å²) in [7, 11) is 3.49. The van der Waals surface area contributed by atoms with E-state index in [4.69, 9.17) is 11.6 Å². The van der Waals surface area contributed by atoms with Gasteiger partial charge in [0.2, 0.25) is 0 Å². The standard InChI is InChI=1S/C25H29N7O2/c1-30(27)14-20(26)22-10-4-16(12-28-22)15-3-9-21-19(11-15)24-23(13-29-21)31(2)25(34)32(24)17-5-7-18(33)8-6-17/h3-4,9-14,17-18,33H,5-8,26-27H2,1-2H3/b20-14-. The fraction of sp³-hybridized carbons (Fsp3) is 0.320. The molecule has 9 heteroatoms. The van der Waals surface area contributed by atoms with Crippen LogP contribution in [-0.4, -0.2) is 42.4 Å². The molecule has 4 aromatic rings. The molecule has 0 radical (unpaired) electrons. The van der Waals surface area contributed by atoms with Gasteiger partial charge in [-0.1, -0.05) is 12.1 Å². The van der Waals surface area contributed by atoms with Gasteiger partial charge in [-0.05, 0) is 49.4 Å². The van der Waals surface area contributed by atoms with Gasteiger partial charge in [0.25, 0.3) is 0 Å². The summed E-state index contributed by atoms with van der Waals surface area (Å²) in [4.78, 5) is 22.3. The quantitative estimate of drug-likeness (QED) is 0.316. The van der Waals surface area contributed by atoms with E-state index >= 15 is 0 Å². The fourth-order valence-electron chi connectivity index (χ4n) is 4.88. The molecular formula is C25H29N7O2. The van der Waals surface area contributed by atoms with Gasteiger partial charge >= 0.3 is 5.69 Å². The van der Waals surface area contributed by atoms with Crippen molar-refractivity contribution in [1.29, 1.82) is 0 Å². The van der Waals surface area contributed by atoms with E-state index in [2.05, 4.69) is 16.0 Å². The van der Waals surface area contributed by atoms with Crippen molar-refractivity contribution in [3.8, 4) is 11.1 Å². The highest BCUT2D eigenvalue weighted by Gasteiger charge is 2.26. The molecule has 0 bridgehead atoms. The number of fused-ring (bicyclic) bond motifs is 3. The maximum Gasteiger partial charge on any atom is 0.329 e. The first-order chi connectivity index (χ1) is 16.3. The van der Waals surface area contributed by atoms with Crippen molar-refractivity contribution in [3.05, 3.63) is 65.1 Å². The summed E-state index contributed by atoms with van der Waals surface area (Å²) >= 11 is 0. The van der Waals surface area contributed by atoms with E-state index in [-0.39, 0.29) is 17.8 Å². The van der Waals surface area contributed by atoms with Gasteiger partial charge in [0.05, 0.1) is 40.2 Å². The van der Waals surface area contributed by atoms with Crippen LogP contribution in [-0.2, 0) is 7.05 Å². The minimum atomic E-state index is -0.281. The van der Waals surface area contributed by atoms with Crippen molar-refractivity contribution in [2.75, 3.05) is 7.05 Å². The number of nitrogens with two attached hydrogens (primary N) is 2. The van der Waals surface area contributed by atoms with Crippen LogP contribution in [0.3, 0.4) is 0 Å². The van der Waals surface area contributed by atoms with E-state index in [1.807, 2.05) is 28.8 Å². The predicted octanol–water partition coefficient (Wildman–Crippen LogP) is 2.49. The molecule has 0 aliphatic heterocycles. The summed E-state index contributed by atoms with van der Waals surface area (Å²) in [6, 6.07) is 9.94. The van der Waals surface area contributed by atoms with Crippen LogP contribution >= 0.6 is 0 Å². The van der Waals surface area contributed by atoms with Gasteiger partial charge < -0.3 is 15.8 Å². The zero-order valence-corrected chi connectivity index (χ0v) is 19.3. The summed E-state index contributed by atoms with van der Waals surface area (Å²) < 4.78 is 3.57. The summed E-state index contributed by atoms with van der Waals surface area (Å²) in [5.74, 6) is 5.64. The number of aliphatic hydroxyl groups excluding tert-OH is 1. The first kappa shape index (κ1) is 22.1. The smallest absolute Gasteiger partial charge is 0.329 e. The van der Waals surface area contributed by atoms with Crippen molar-refractivity contribution in [2.24, 2.45) is 18.6 Å². The Labute approximate surface area is 196 Å². The summed E-state index contributed by atoms with van der Waals surface area (Å²) in [5.41, 5.74) is 11.6. The lowest BCUT2D eigenvalue weighted by Gasteiger charge is -2.26. The number of aliphatic hydroxyl groups is 1. The molecule has 0 spiro atoms. The van der Waals surface area contributed by atoms with Crippen molar-refractivity contribution < 1.29 is 5.11 Å². The van der Waals surface area contributed by atoms with E-state index in [1.54, 1.807) is 37.3 Å². The molecule has 0 unspecified atom stereocenters. The van der Waals surface area contributed by atoms with Gasteiger partial charge in [-0.15, -0.1) is 0 Å². The van der Waals surface area contributed by atoms with Crippen molar-refractivity contribution >= 4 is 27.6 Å². The predicted molar refractivity (Wildman–Crippen MR) is 133 cm³/mol. The molecule has 1 aliphatic carbocycles. The lowest BCUT2D eigenvalue weighted by molar-refractivity contribution is 0.111. The van der Waals surface area contributed by atoms with E-state index in [9.17, 15) is 9.90 Å². The van der Waals surface area contributed by atoms with Crippen molar-refractivity contribution in [1.82, 2.24) is 24.1 Å². The van der Waals surface area contributed by atoms with Crippen LogP contribution in [0.15, 0.2) is 53.7 Å². The summed E-state index contributed by atoms with van der Waals surface area (Å²) in [6.07, 6.45) is 7.85. The van der Waals surface area contributed by atoms with Crippen molar-refractivity contribution in [2.45, 2.75) is 37.8 Å². The highest BCUT2D eigenvalue weighted by molar-refractivity contribution is 6.04. The monoisotopic (exact) mass is 459 g/mol. The number of aryl methyl sites for hydroxylation is 1. The average molecular weight is 460 g/mol. The SMILES string of the molecule is CN(N)/C=C(\N)c1ccc(-c2ccc3ncc4c(c3c2)n(C2CCC(O)CC2)c(=O)n4C)cn1. The normalized spacial score (nSPS) is 19.1. The lowest BCUT2D eigenvalue weighted by atomic mass is 9.92. The van der Waals surface area contributed by atoms with Crippen LogP contribution in [0.25, 0.3) is 38.8 Å². The largest absolute Gasteiger partial charge is 0.396 e. The molecule has 0 amide bonds. The Morgan fingerprint density at radius 1 is 1.12 bits per heavy atom. The van der Waals surface area contributed by atoms with E-state index in [1.165, 1.54) is 5.01 Å². The lowest BCUT2D eigenvalue weighted by Crippen LogP contribution is -2.29. The molecule has 5 N–H and O–H groups in total. The van der Waals surface area contributed by atoms with E-state index in [0.29, 0.717) is 24.2 Å². The third kappa shape index (κ3) is 3.82. The highest BCUT2D eigenvalue weighted by atomic mass is 16.3. The zero-order valence-electron chi connectivity index (χ0n) is 19.3. The van der Waals surface area contributed by atoms with Crippen LogP contribution < -0.4 is 17.3 Å². The highest BCUT2D eigenvalue weighted by Crippen LogP contribution is 2.34. The first-order valence-electron chi connectivity index (χ1n) is 11.4. The number of benzene rings is 1. The van der Waals surface area contributed by atoms with Crippen LogP contribution in [0.1, 0.15) is 37.4 Å². The van der Waals surface area contributed by atoms with Gasteiger partial charge in [0, 0.05) is 43.5 Å². The molecule has 1 saturated carbocycles. The Hall–Kier alpha value is -3.69. The first-order valence-corrected chi connectivity index (χ1v) is 11.4. The number of pyridine rings is 2. The molecule has 176 valence electrons. The Bertz CT molecular complexity index is 1440. The molecule has 34 heavy (non-hydrogen) atoms. The van der Waals surface area contributed by atoms with Gasteiger partial charge in [0.15, 0.2) is 0 Å². The number of rotatable bonds is 4. The maximum atomic E-state index is 13.2. The van der Waals surface area contributed by atoms with E-state index < -0.39 is 0 Å². The van der Waals surface area contributed by atoms with Gasteiger partial charge in [-0.3, -0.25) is 19.1 Å². The minimum absolute atomic E-state index is 0.0470. The van der Waals surface area contributed by atoms with Crippen LogP contribution in [0.5, 0.6) is 0 Å². The third-order valence-corrected chi connectivity index (χ3v) is 6.68. The number of nitrogens with zero attached hydrogens (tertiary/aromatic N) is 5. The van der Waals surface area contributed by atoms with Gasteiger partial charge in [-0.25, -0.2) is 10.6 Å². The molecule has 0 atom stereocenters. The van der Waals surface area contributed by atoms with Crippen LogP contribution in [0.4, 0.5) is 0 Å². The Morgan fingerprint density at radius 2 is 1.85 bits per heavy atom. The molecular weight excluding hydrogens is 430 g/mol. The van der Waals surface area contributed by atoms with Crippen LogP contribution in [0, 0.1) is 0 Å². The summed E-state index contributed by atoms with van der Waals surface area (Å²) in [5, 5.41) is 12.3. The van der Waals surface area contributed by atoms with Crippen molar-refractivity contribution in [3.63, 3.8) is 0 Å². The number of hydrazine groups is 1. The molecule has 0 saturated heterocycles. The second kappa shape index (κ2) is 8.58. The Morgan fingerprint density at radius 3 is 2.53 bits per heavy atom. The molecule has 5 rings (SSSR count). The topological polar surface area (TPSA) is 128 Å². The second-order valence-corrected chi connectivity index (χ2v) is 9.08. The maximum absolute atomic E-state index is 13.2. The molecule has 1 aromatic carbocycles.